The quantitative estimate of drug-likeness (QED) is 0.750. The van der Waals surface area contributed by atoms with Crippen LogP contribution in [0.4, 0.5) is 0 Å². The van der Waals surface area contributed by atoms with E-state index in [0.29, 0.717) is 6.04 Å². The highest BCUT2D eigenvalue weighted by atomic mass is 79.9. The van der Waals surface area contributed by atoms with Crippen molar-refractivity contribution in [2.75, 3.05) is 6.54 Å². The van der Waals surface area contributed by atoms with Crippen molar-refractivity contribution in [2.24, 2.45) is 0 Å². The van der Waals surface area contributed by atoms with Crippen LogP contribution in [-0.4, -0.2) is 6.54 Å². The van der Waals surface area contributed by atoms with E-state index in [2.05, 4.69) is 45.7 Å². The van der Waals surface area contributed by atoms with Crippen LogP contribution in [0.3, 0.4) is 0 Å². The zero-order valence-corrected chi connectivity index (χ0v) is 12.7. The van der Waals surface area contributed by atoms with E-state index in [0.717, 1.165) is 6.54 Å². The molecule has 3 heteroatoms. The molecule has 94 valence electrons. The van der Waals surface area contributed by atoms with E-state index < -0.39 is 0 Å². The van der Waals surface area contributed by atoms with Crippen LogP contribution in [0.15, 0.2) is 27.6 Å². The summed E-state index contributed by atoms with van der Waals surface area (Å²) in [4.78, 5) is 1.44. The first-order valence-corrected chi connectivity index (χ1v) is 8.12. The van der Waals surface area contributed by atoms with Gasteiger partial charge in [-0.05, 0) is 66.0 Å². The Kier molecular flexibility index (Phi) is 5.26. The molecule has 0 bridgehead atoms. The largest absolute Gasteiger partial charge is 0.309 e. The first kappa shape index (κ1) is 13.3. The number of hydrogen-bond donors (Lipinski definition) is 1. The van der Waals surface area contributed by atoms with Gasteiger partial charge in [0, 0.05) is 15.4 Å². The van der Waals surface area contributed by atoms with E-state index in [-0.39, 0.29) is 0 Å². The Labute approximate surface area is 116 Å². The minimum Gasteiger partial charge on any atom is -0.309 e. The first-order chi connectivity index (χ1) is 8.31. The molecule has 0 aromatic carbocycles. The lowest BCUT2D eigenvalue weighted by Crippen LogP contribution is -2.21. The molecule has 0 saturated carbocycles. The number of rotatable bonds is 5. The molecule has 2 rings (SSSR count). The molecule has 1 atom stereocenters. The lowest BCUT2D eigenvalue weighted by Gasteiger charge is -2.21. The highest BCUT2D eigenvalue weighted by Gasteiger charge is 2.17. The topological polar surface area (TPSA) is 12.0 Å². The van der Waals surface area contributed by atoms with E-state index in [1.807, 2.05) is 11.3 Å². The molecule has 1 aliphatic rings. The van der Waals surface area contributed by atoms with Crippen molar-refractivity contribution in [3.05, 3.63) is 32.4 Å². The fraction of sp³-hybridized carbons (Fsp3) is 0.571. The third kappa shape index (κ3) is 3.67. The van der Waals surface area contributed by atoms with Crippen LogP contribution in [0.25, 0.3) is 0 Å². The Morgan fingerprint density at radius 2 is 2.35 bits per heavy atom. The minimum absolute atomic E-state index is 0.485. The van der Waals surface area contributed by atoms with Crippen molar-refractivity contribution in [1.29, 1.82) is 0 Å². The van der Waals surface area contributed by atoms with Crippen molar-refractivity contribution in [3.8, 4) is 0 Å². The first-order valence-electron chi connectivity index (χ1n) is 6.45. The van der Waals surface area contributed by atoms with Crippen LogP contribution >= 0.6 is 27.3 Å². The zero-order chi connectivity index (χ0) is 12.1. The Hall–Kier alpha value is -0.120. The van der Waals surface area contributed by atoms with Gasteiger partial charge in [0.2, 0.25) is 0 Å². The molecule has 1 aromatic rings. The molecule has 17 heavy (non-hydrogen) atoms. The van der Waals surface area contributed by atoms with E-state index in [9.17, 15) is 0 Å². The van der Waals surface area contributed by atoms with Crippen LogP contribution in [0.2, 0.25) is 0 Å². The molecule has 0 spiro atoms. The van der Waals surface area contributed by atoms with Gasteiger partial charge in [0.05, 0.1) is 0 Å². The molecule has 0 radical (unpaired) electrons. The van der Waals surface area contributed by atoms with Crippen molar-refractivity contribution in [3.63, 3.8) is 0 Å². The number of nitrogens with one attached hydrogen (secondary N) is 1. The van der Waals surface area contributed by atoms with Gasteiger partial charge in [-0.2, -0.15) is 0 Å². The van der Waals surface area contributed by atoms with Gasteiger partial charge in [0.15, 0.2) is 0 Å². The normalized spacial score (nSPS) is 17.9. The van der Waals surface area contributed by atoms with E-state index in [1.165, 1.54) is 41.5 Å². The second-order valence-electron chi connectivity index (χ2n) is 4.56. The van der Waals surface area contributed by atoms with Gasteiger partial charge in [-0.15, -0.1) is 11.3 Å². The average Bonchev–Trinajstić information content (AvgIpc) is 2.76. The molecule has 0 saturated heterocycles. The molecule has 1 unspecified atom stereocenters. The third-order valence-corrected chi connectivity index (χ3v) is 5.25. The molecular weight excluding hydrogens is 294 g/mol. The standard InChI is InChI=1S/C14H20BrNS/c1-2-16-13(14-12(15)8-9-17-14)10-11-6-4-3-5-7-11/h6,8-9,13,16H,2-5,7,10H2,1H3. The summed E-state index contributed by atoms with van der Waals surface area (Å²) < 4.78 is 1.25. The van der Waals surface area contributed by atoms with Crippen molar-refractivity contribution >= 4 is 27.3 Å². The van der Waals surface area contributed by atoms with E-state index >= 15 is 0 Å². The number of halogens is 1. The summed E-state index contributed by atoms with van der Waals surface area (Å²) in [5.74, 6) is 0. The smallest absolute Gasteiger partial charge is 0.0463 e. The second-order valence-corrected chi connectivity index (χ2v) is 6.36. The van der Waals surface area contributed by atoms with Crippen molar-refractivity contribution in [2.45, 2.75) is 45.1 Å². The lowest BCUT2D eigenvalue weighted by atomic mass is 9.94. The fourth-order valence-electron chi connectivity index (χ4n) is 2.41. The van der Waals surface area contributed by atoms with Crippen LogP contribution in [-0.2, 0) is 0 Å². The fourth-order valence-corrected chi connectivity index (χ4v) is 4.14. The molecule has 0 amide bonds. The maximum Gasteiger partial charge on any atom is 0.0463 e. The number of allylic oxidation sites excluding steroid dienone is 1. The summed E-state index contributed by atoms with van der Waals surface area (Å²) >= 11 is 5.50. The van der Waals surface area contributed by atoms with E-state index in [1.54, 1.807) is 5.57 Å². The molecule has 1 heterocycles. The predicted molar refractivity (Wildman–Crippen MR) is 79.6 cm³/mol. The van der Waals surface area contributed by atoms with Gasteiger partial charge in [0.25, 0.3) is 0 Å². The summed E-state index contributed by atoms with van der Waals surface area (Å²) in [7, 11) is 0. The van der Waals surface area contributed by atoms with E-state index in [4.69, 9.17) is 0 Å². The van der Waals surface area contributed by atoms with Gasteiger partial charge in [-0.3, -0.25) is 0 Å². The maximum absolute atomic E-state index is 3.65. The zero-order valence-electron chi connectivity index (χ0n) is 10.3. The van der Waals surface area contributed by atoms with Crippen molar-refractivity contribution < 1.29 is 0 Å². The van der Waals surface area contributed by atoms with Gasteiger partial charge >= 0.3 is 0 Å². The Bertz CT molecular complexity index is 383. The summed E-state index contributed by atoms with van der Waals surface area (Å²) in [6.45, 7) is 3.21. The molecule has 0 fully saturated rings. The van der Waals surface area contributed by atoms with Gasteiger partial charge < -0.3 is 5.32 Å². The third-order valence-electron chi connectivity index (χ3n) is 3.26. The van der Waals surface area contributed by atoms with Crippen LogP contribution in [0.5, 0.6) is 0 Å². The van der Waals surface area contributed by atoms with Crippen LogP contribution in [0, 0.1) is 0 Å². The number of thiophene rings is 1. The monoisotopic (exact) mass is 313 g/mol. The van der Waals surface area contributed by atoms with Crippen LogP contribution in [0.1, 0.15) is 49.9 Å². The summed E-state index contributed by atoms with van der Waals surface area (Å²) in [5, 5.41) is 5.78. The highest BCUT2D eigenvalue weighted by molar-refractivity contribution is 9.10. The summed E-state index contributed by atoms with van der Waals surface area (Å²) in [5.41, 5.74) is 1.64. The van der Waals surface area contributed by atoms with Crippen molar-refractivity contribution in [1.82, 2.24) is 5.32 Å². The summed E-state index contributed by atoms with van der Waals surface area (Å²) in [6.07, 6.45) is 8.95. The Morgan fingerprint density at radius 3 is 2.94 bits per heavy atom. The second kappa shape index (κ2) is 6.72. The lowest BCUT2D eigenvalue weighted by molar-refractivity contribution is 0.533. The molecule has 1 nitrogen and oxygen atoms in total. The van der Waals surface area contributed by atoms with Gasteiger partial charge in [0.1, 0.15) is 0 Å². The molecular formula is C14H20BrNS. The molecule has 0 aliphatic heterocycles. The SMILES string of the molecule is CCNC(CC1=CCCCC1)c1sccc1Br. The average molecular weight is 314 g/mol. The highest BCUT2D eigenvalue weighted by Crippen LogP contribution is 2.34. The maximum atomic E-state index is 3.65. The molecule has 1 aliphatic carbocycles. The molecule has 1 aromatic heterocycles. The van der Waals surface area contributed by atoms with Crippen LogP contribution < -0.4 is 5.32 Å². The van der Waals surface area contributed by atoms with Gasteiger partial charge in [-0.1, -0.05) is 18.6 Å². The minimum atomic E-state index is 0.485. The van der Waals surface area contributed by atoms with Gasteiger partial charge in [-0.25, -0.2) is 0 Å². The Balaban J connectivity index is 2.07. The summed E-state index contributed by atoms with van der Waals surface area (Å²) in [6, 6.07) is 2.64. The Morgan fingerprint density at radius 1 is 1.47 bits per heavy atom. The molecule has 1 N–H and O–H groups in total. The predicted octanol–water partition coefficient (Wildman–Crippen LogP) is 5.05. The number of hydrogen-bond acceptors (Lipinski definition) is 2.